The summed E-state index contributed by atoms with van der Waals surface area (Å²) in [5, 5.41) is 4.20. The zero-order valence-corrected chi connectivity index (χ0v) is 13.9. The van der Waals surface area contributed by atoms with E-state index in [0.29, 0.717) is 10.8 Å². The van der Waals surface area contributed by atoms with E-state index >= 15 is 0 Å². The number of nitrogens with one attached hydrogen (secondary N) is 1. The number of rotatable bonds is 5. The Morgan fingerprint density at radius 2 is 2.25 bits per heavy atom. The maximum atomic E-state index is 12.7. The molecule has 0 saturated carbocycles. The van der Waals surface area contributed by atoms with Gasteiger partial charge in [-0.1, -0.05) is 6.42 Å². The van der Waals surface area contributed by atoms with Crippen molar-refractivity contribution in [3.63, 3.8) is 0 Å². The summed E-state index contributed by atoms with van der Waals surface area (Å²) in [6.07, 6.45) is 4.86. The summed E-state index contributed by atoms with van der Waals surface area (Å²) < 4.78 is 27.4. The van der Waals surface area contributed by atoms with Crippen molar-refractivity contribution in [2.24, 2.45) is 0 Å². The van der Waals surface area contributed by atoms with E-state index in [0.717, 1.165) is 18.0 Å². The lowest BCUT2D eigenvalue weighted by Crippen LogP contribution is -2.48. The minimum absolute atomic E-state index is 0.0499. The molecule has 0 spiro atoms. The molecule has 1 saturated heterocycles. The molecule has 2 rings (SSSR count). The lowest BCUT2D eigenvalue weighted by Gasteiger charge is -2.31. The van der Waals surface area contributed by atoms with Gasteiger partial charge in [0.1, 0.15) is 0 Å². The largest absolute Gasteiger partial charge is 0.313 e. The summed E-state index contributed by atoms with van der Waals surface area (Å²) in [7, 11) is -3.43. The first-order chi connectivity index (χ1) is 9.41. The Balaban J connectivity index is 2.19. The van der Waals surface area contributed by atoms with Gasteiger partial charge in [-0.2, -0.15) is 4.31 Å². The summed E-state index contributed by atoms with van der Waals surface area (Å²) in [5.41, 5.74) is 0. The van der Waals surface area contributed by atoms with Gasteiger partial charge in [0.25, 0.3) is 10.0 Å². The Morgan fingerprint density at radius 1 is 1.50 bits per heavy atom. The van der Waals surface area contributed by atoms with Gasteiger partial charge in [-0.25, -0.2) is 13.4 Å². The van der Waals surface area contributed by atoms with Gasteiger partial charge in [-0.3, -0.25) is 0 Å². The molecule has 1 atom stereocenters. The number of thiazole rings is 1. The van der Waals surface area contributed by atoms with Gasteiger partial charge in [0.2, 0.25) is 0 Å². The predicted octanol–water partition coefficient (Wildman–Crippen LogP) is 1.99. The molecule has 0 aromatic carbocycles. The van der Waals surface area contributed by atoms with Crippen molar-refractivity contribution in [2.45, 2.75) is 56.3 Å². The number of aryl methyl sites for hydroxylation is 1. The first-order valence-electron chi connectivity index (χ1n) is 7.09. The van der Waals surface area contributed by atoms with Crippen LogP contribution in [0.15, 0.2) is 10.4 Å². The molecule has 1 aromatic rings. The SMILES string of the molecule is Cc1ncc(S(=O)(=O)N(CC2CCCCN2)C(C)C)s1. The number of hydrogen-bond donors (Lipinski definition) is 1. The van der Waals surface area contributed by atoms with Crippen LogP contribution in [-0.4, -0.2) is 42.9 Å². The predicted molar refractivity (Wildman–Crippen MR) is 81.5 cm³/mol. The highest BCUT2D eigenvalue weighted by molar-refractivity contribution is 7.91. The zero-order chi connectivity index (χ0) is 14.8. The fraction of sp³-hybridized carbons (Fsp3) is 0.769. The molecule has 5 nitrogen and oxygen atoms in total. The Labute approximate surface area is 125 Å². The van der Waals surface area contributed by atoms with E-state index in [-0.39, 0.29) is 12.1 Å². The van der Waals surface area contributed by atoms with E-state index in [1.54, 1.807) is 4.31 Å². The highest BCUT2D eigenvalue weighted by Gasteiger charge is 2.31. The lowest BCUT2D eigenvalue weighted by molar-refractivity contribution is 0.283. The summed E-state index contributed by atoms with van der Waals surface area (Å²) in [6.45, 7) is 7.20. The van der Waals surface area contributed by atoms with Crippen LogP contribution in [-0.2, 0) is 10.0 Å². The van der Waals surface area contributed by atoms with Gasteiger partial charge in [0.15, 0.2) is 4.21 Å². The Hall–Kier alpha value is -0.500. The summed E-state index contributed by atoms with van der Waals surface area (Å²) in [6, 6.07) is 0.209. The molecule has 1 N–H and O–H groups in total. The summed E-state index contributed by atoms with van der Waals surface area (Å²) in [4.78, 5) is 4.07. The smallest absolute Gasteiger partial charge is 0.254 e. The van der Waals surface area contributed by atoms with Gasteiger partial charge in [-0.05, 0) is 40.2 Å². The second kappa shape index (κ2) is 6.51. The van der Waals surface area contributed by atoms with Crippen LogP contribution in [0.3, 0.4) is 0 Å². The molecule has 1 unspecified atom stereocenters. The molecule has 1 fully saturated rings. The third kappa shape index (κ3) is 3.58. The monoisotopic (exact) mass is 317 g/mol. The van der Waals surface area contributed by atoms with Crippen LogP contribution in [0.25, 0.3) is 0 Å². The standard InChI is InChI=1S/C13H23N3O2S2/c1-10(2)16(9-12-6-4-5-7-14-12)20(17,18)13-8-15-11(3)19-13/h8,10,12,14H,4-7,9H2,1-3H3. The number of hydrogen-bond acceptors (Lipinski definition) is 5. The molecule has 1 aromatic heterocycles. The van der Waals surface area contributed by atoms with E-state index in [1.807, 2.05) is 20.8 Å². The van der Waals surface area contributed by atoms with Crippen LogP contribution in [0.2, 0.25) is 0 Å². The van der Waals surface area contributed by atoms with Crippen molar-refractivity contribution in [3.8, 4) is 0 Å². The van der Waals surface area contributed by atoms with Gasteiger partial charge in [0.05, 0.1) is 11.2 Å². The van der Waals surface area contributed by atoms with Gasteiger partial charge < -0.3 is 5.32 Å². The molecular formula is C13H23N3O2S2. The molecule has 1 aliphatic heterocycles. The van der Waals surface area contributed by atoms with Crippen molar-refractivity contribution in [3.05, 3.63) is 11.2 Å². The zero-order valence-electron chi connectivity index (χ0n) is 12.3. The topological polar surface area (TPSA) is 62.3 Å². The molecule has 0 amide bonds. The van der Waals surface area contributed by atoms with Crippen LogP contribution >= 0.6 is 11.3 Å². The molecule has 20 heavy (non-hydrogen) atoms. The Kier molecular flexibility index (Phi) is 5.17. The number of aromatic nitrogens is 1. The Bertz CT molecular complexity index is 534. The number of nitrogens with zero attached hydrogens (tertiary/aromatic N) is 2. The van der Waals surface area contributed by atoms with Crippen molar-refractivity contribution < 1.29 is 8.42 Å². The van der Waals surface area contributed by atoms with Crippen LogP contribution in [0, 0.1) is 6.92 Å². The third-order valence-electron chi connectivity index (χ3n) is 3.55. The van der Waals surface area contributed by atoms with E-state index in [4.69, 9.17) is 0 Å². The highest BCUT2D eigenvalue weighted by Crippen LogP contribution is 2.24. The summed E-state index contributed by atoms with van der Waals surface area (Å²) >= 11 is 1.24. The first-order valence-corrected chi connectivity index (χ1v) is 9.34. The van der Waals surface area contributed by atoms with Gasteiger partial charge in [-0.15, -0.1) is 11.3 Å². The molecule has 1 aliphatic rings. The fourth-order valence-electron chi connectivity index (χ4n) is 2.46. The third-order valence-corrected chi connectivity index (χ3v) is 6.94. The van der Waals surface area contributed by atoms with E-state index in [1.165, 1.54) is 30.4 Å². The van der Waals surface area contributed by atoms with Crippen molar-refractivity contribution in [2.75, 3.05) is 13.1 Å². The normalized spacial score (nSPS) is 20.8. The fourth-order valence-corrected chi connectivity index (χ4v) is 5.38. The van der Waals surface area contributed by atoms with E-state index < -0.39 is 10.0 Å². The van der Waals surface area contributed by atoms with Crippen LogP contribution in [0.5, 0.6) is 0 Å². The molecule has 0 aliphatic carbocycles. The van der Waals surface area contributed by atoms with Crippen molar-refractivity contribution in [1.82, 2.24) is 14.6 Å². The Morgan fingerprint density at radius 3 is 2.75 bits per heavy atom. The maximum Gasteiger partial charge on any atom is 0.254 e. The molecule has 2 heterocycles. The lowest BCUT2D eigenvalue weighted by atomic mass is 10.1. The molecule has 0 bridgehead atoms. The number of piperidine rings is 1. The maximum absolute atomic E-state index is 12.7. The van der Waals surface area contributed by atoms with E-state index in [9.17, 15) is 8.42 Å². The van der Waals surface area contributed by atoms with Crippen LogP contribution < -0.4 is 5.32 Å². The molecule has 114 valence electrons. The van der Waals surface area contributed by atoms with Gasteiger partial charge >= 0.3 is 0 Å². The minimum Gasteiger partial charge on any atom is -0.313 e. The van der Waals surface area contributed by atoms with E-state index in [2.05, 4.69) is 10.3 Å². The molecular weight excluding hydrogens is 294 g/mol. The van der Waals surface area contributed by atoms with Gasteiger partial charge in [0, 0.05) is 18.6 Å². The first kappa shape index (κ1) is 15.9. The highest BCUT2D eigenvalue weighted by atomic mass is 32.2. The quantitative estimate of drug-likeness (QED) is 0.902. The second-order valence-corrected chi connectivity index (χ2v) is 8.87. The average molecular weight is 317 g/mol. The summed E-state index contributed by atoms with van der Waals surface area (Å²) in [5.74, 6) is 0. The second-order valence-electron chi connectivity index (χ2n) is 5.51. The molecule has 0 radical (unpaired) electrons. The van der Waals surface area contributed by atoms with Crippen molar-refractivity contribution >= 4 is 21.4 Å². The van der Waals surface area contributed by atoms with Crippen molar-refractivity contribution in [1.29, 1.82) is 0 Å². The number of sulfonamides is 1. The van der Waals surface area contributed by atoms with Crippen LogP contribution in [0.4, 0.5) is 0 Å². The van der Waals surface area contributed by atoms with Crippen LogP contribution in [0.1, 0.15) is 38.1 Å². The average Bonchev–Trinajstić information content (AvgIpc) is 2.84. The molecule has 7 heteroatoms. The minimum atomic E-state index is -3.43.